The predicted molar refractivity (Wildman–Crippen MR) is 67.2 cm³/mol. The molecule has 1 atom stereocenters. The molecule has 2 aromatic rings. The molecule has 2 N–H and O–H groups in total. The average molecular weight is 263 g/mol. The van der Waals surface area contributed by atoms with Gasteiger partial charge in [-0.3, -0.25) is 4.79 Å². The van der Waals surface area contributed by atoms with Crippen LogP contribution in [0.15, 0.2) is 47.3 Å². The van der Waals surface area contributed by atoms with E-state index in [1.54, 1.807) is 12.3 Å². The summed E-state index contributed by atoms with van der Waals surface area (Å²) in [6, 6.07) is 6.73. The van der Waals surface area contributed by atoms with Crippen LogP contribution in [0.3, 0.4) is 0 Å². The largest absolute Gasteiger partial charge is 0.472 e. The van der Waals surface area contributed by atoms with Gasteiger partial charge in [-0.15, -0.1) is 0 Å². The molecule has 5 heteroatoms. The number of furan rings is 1. The molecular formula is C14H14FNO3. The Labute approximate surface area is 109 Å². The number of nitrogens with one attached hydrogen (secondary N) is 1. The zero-order chi connectivity index (χ0) is 13.7. The lowest BCUT2D eigenvalue weighted by molar-refractivity contribution is 0.0916. The molecule has 0 saturated carbocycles. The quantitative estimate of drug-likeness (QED) is 0.864. The van der Waals surface area contributed by atoms with E-state index in [1.807, 2.05) is 0 Å². The van der Waals surface area contributed by atoms with Gasteiger partial charge in [-0.1, -0.05) is 6.07 Å². The van der Waals surface area contributed by atoms with Gasteiger partial charge in [0, 0.05) is 5.56 Å². The van der Waals surface area contributed by atoms with Crippen LogP contribution in [0, 0.1) is 5.82 Å². The summed E-state index contributed by atoms with van der Waals surface area (Å²) < 4.78 is 17.9. The number of carbonyl (C=O) groups is 1. The summed E-state index contributed by atoms with van der Waals surface area (Å²) in [5.41, 5.74) is 1.10. The van der Waals surface area contributed by atoms with Crippen molar-refractivity contribution in [2.75, 3.05) is 6.61 Å². The highest BCUT2D eigenvalue weighted by Crippen LogP contribution is 2.07. The van der Waals surface area contributed by atoms with Crippen molar-refractivity contribution in [2.45, 2.75) is 12.5 Å². The summed E-state index contributed by atoms with van der Waals surface area (Å²) in [6.45, 7) is -0.202. The molecule has 1 aromatic heterocycles. The van der Waals surface area contributed by atoms with Crippen LogP contribution in [-0.4, -0.2) is 23.7 Å². The van der Waals surface area contributed by atoms with Gasteiger partial charge in [0.25, 0.3) is 5.91 Å². The van der Waals surface area contributed by atoms with E-state index in [4.69, 9.17) is 4.42 Å². The molecule has 2 rings (SSSR count). The normalized spacial score (nSPS) is 12.1. The number of halogens is 1. The van der Waals surface area contributed by atoms with Crippen LogP contribution in [0.25, 0.3) is 0 Å². The molecule has 0 saturated heterocycles. The Morgan fingerprint density at radius 3 is 2.89 bits per heavy atom. The molecule has 0 radical (unpaired) electrons. The van der Waals surface area contributed by atoms with E-state index in [2.05, 4.69) is 5.32 Å². The Morgan fingerprint density at radius 1 is 1.42 bits per heavy atom. The van der Waals surface area contributed by atoms with Crippen LogP contribution in [-0.2, 0) is 6.42 Å². The fourth-order valence-electron chi connectivity index (χ4n) is 1.75. The number of carbonyl (C=O) groups excluding carboxylic acids is 1. The number of hydrogen-bond acceptors (Lipinski definition) is 3. The van der Waals surface area contributed by atoms with Gasteiger partial charge < -0.3 is 14.8 Å². The molecular weight excluding hydrogens is 249 g/mol. The fourth-order valence-corrected chi connectivity index (χ4v) is 1.75. The molecule has 1 aromatic carbocycles. The highest BCUT2D eigenvalue weighted by Gasteiger charge is 2.14. The van der Waals surface area contributed by atoms with Gasteiger partial charge in [0.1, 0.15) is 5.82 Å². The van der Waals surface area contributed by atoms with Crippen LogP contribution in [0.4, 0.5) is 4.39 Å². The minimum Gasteiger partial charge on any atom is -0.472 e. The Balaban J connectivity index is 2.00. The molecule has 100 valence electrons. The van der Waals surface area contributed by atoms with Crippen molar-refractivity contribution in [3.8, 4) is 0 Å². The van der Waals surface area contributed by atoms with Crippen molar-refractivity contribution in [2.24, 2.45) is 0 Å². The molecule has 1 heterocycles. The third kappa shape index (κ3) is 3.66. The number of hydrogen-bond donors (Lipinski definition) is 2. The topological polar surface area (TPSA) is 62.5 Å². The first kappa shape index (κ1) is 13.3. The minimum absolute atomic E-state index is 0.202. The maximum atomic E-state index is 13.0. The smallest absolute Gasteiger partial charge is 0.251 e. The minimum atomic E-state index is -0.469. The number of amides is 1. The monoisotopic (exact) mass is 263 g/mol. The van der Waals surface area contributed by atoms with Gasteiger partial charge in [-0.25, -0.2) is 4.39 Å². The molecule has 1 amide bonds. The summed E-state index contributed by atoms with van der Waals surface area (Å²) in [7, 11) is 0. The van der Waals surface area contributed by atoms with Crippen LogP contribution in [0.2, 0.25) is 0 Å². The molecule has 0 bridgehead atoms. The fraction of sp³-hybridized carbons (Fsp3) is 0.214. The second-order valence-electron chi connectivity index (χ2n) is 4.20. The molecule has 19 heavy (non-hydrogen) atoms. The Kier molecular flexibility index (Phi) is 4.30. The Hall–Kier alpha value is -2.14. The number of aliphatic hydroxyl groups is 1. The summed E-state index contributed by atoms with van der Waals surface area (Å²) in [6.07, 6.45) is 3.53. The van der Waals surface area contributed by atoms with Gasteiger partial charge in [-0.2, -0.15) is 0 Å². The second kappa shape index (κ2) is 6.15. The summed E-state index contributed by atoms with van der Waals surface area (Å²) in [5.74, 6) is -0.884. The standard InChI is InChI=1S/C14H14FNO3/c15-12-3-1-2-11(7-12)14(18)16-13(8-17)6-10-4-5-19-9-10/h1-5,7,9,13,17H,6,8H2,(H,16,18). The summed E-state index contributed by atoms with van der Waals surface area (Å²) in [5, 5.41) is 11.9. The van der Waals surface area contributed by atoms with Crippen molar-refractivity contribution in [3.05, 3.63) is 59.8 Å². The Bertz CT molecular complexity index is 539. The van der Waals surface area contributed by atoms with Crippen molar-refractivity contribution in [3.63, 3.8) is 0 Å². The predicted octanol–water partition coefficient (Wildman–Crippen LogP) is 1.75. The van der Waals surface area contributed by atoms with Gasteiger partial charge in [0.15, 0.2) is 0 Å². The first-order valence-electron chi connectivity index (χ1n) is 5.87. The lowest BCUT2D eigenvalue weighted by Gasteiger charge is -2.15. The third-order valence-corrected chi connectivity index (χ3v) is 2.70. The lowest BCUT2D eigenvalue weighted by atomic mass is 10.1. The van der Waals surface area contributed by atoms with Crippen LogP contribution in [0.5, 0.6) is 0 Å². The highest BCUT2D eigenvalue weighted by atomic mass is 19.1. The van der Waals surface area contributed by atoms with Gasteiger partial charge in [0.2, 0.25) is 0 Å². The second-order valence-corrected chi connectivity index (χ2v) is 4.20. The molecule has 0 spiro atoms. The van der Waals surface area contributed by atoms with E-state index in [9.17, 15) is 14.3 Å². The number of aliphatic hydroxyl groups excluding tert-OH is 1. The maximum Gasteiger partial charge on any atom is 0.251 e. The van der Waals surface area contributed by atoms with E-state index in [0.29, 0.717) is 6.42 Å². The SMILES string of the molecule is O=C(NC(CO)Cc1ccoc1)c1cccc(F)c1. The van der Waals surface area contributed by atoms with E-state index in [-0.39, 0.29) is 12.2 Å². The van der Waals surface area contributed by atoms with E-state index >= 15 is 0 Å². The van der Waals surface area contributed by atoms with Crippen molar-refractivity contribution in [1.29, 1.82) is 0 Å². The highest BCUT2D eigenvalue weighted by molar-refractivity contribution is 5.94. The molecule has 0 aliphatic heterocycles. The molecule has 0 fully saturated rings. The van der Waals surface area contributed by atoms with Crippen LogP contribution in [0.1, 0.15) is 15.9 Å². The number of benzene rings is 1. The van der Waals surface area contributed by atoms with Crippen molar-refractivity contribution in [1.82, 2.24) is 5.32 Å². The first-order valence-corrected chi connectivity index (χ1v) is 5.87. The van der Waals surface area contributed by atoms with Crippen molar-refractivity contribution < 1.29 is 18.7 Å². The molecule has 0 aliphatic carbocycles. The van der Waals surface area contributed by atoms with Gasteiger partial charge in [0.05, 0.1) is 25.2 Å². The van der Waals surface area contributed by atoms with Gasteiger partial charge in [-0.05, 0) is 36.2 Å². The van der Waals surface area contributed by atoms with E-state index in [1.165, 1.54) is 24.5 Å². The maximum absolute atomic E-state index is 13.0. The Morgan fingerprint density at radius 2 is 2.26 bits per heavy atom. The van der Waals surface area contributed by atoms with Crippen molar-refractivity contribution >= 4 is 5.91 Å². The summed E-state index contributed by atoms with van der Waals surface area (Å²) >= 11 is 0. The average Bonchev–Trinajstić information content (AvgIpc) is 2.90. The van der Waals surface area contributed by atoms with Crippen LogP contribution < -0.4 is 5.32 Å². The zero-order valence-electron chi connectivity index (χ0n) is 10.2. The zero-order valence-corrected chi connectivity index (χ0v) is 10.2. The third-order valence-electron chi connectivity index (χ3n) is 2.70. The summed E-state index contributed by atoms with van der Waals surface area (Å²) in [4.78, 5) is 11.9. The first-order chi connectivity index (χ1) is 9.19. The molecule has 1 unspecified atom stereocenters. The van der Waals surface area contributed by atoms with Gasteiger partial charge >= 0.3 is 0 Å². The van der Waals surface area contributed by atoms with E-state index < -0.39 is 17.8 Å². The van der Waals surface area contributed by atoms with E-state index in [0.717, 1.165) is 11.6 Å². The van der Waals surface area contributed by atoms with Crippen LogP contribution >= 0.6 is 0 Å². The lowest BCUT2D eigenvalue weighted by Crippen LogP contribution is -2.39. The molecule has 0 aliphatic rings. The number of rotatable bonds is 5. The molecule has 4 nitrogen and oxygen atoms in total.